The molecule has 8 N–H and O–H groups in total. The molecule has 2 fully saturated rings. The second-order valence-electron chi connectivity index (χ2n) is 7.73. The van der Waals surface area contributed by atoms with Crippen LogP contribution >= 0.6 is 12.4 Å². The van der Waals surface area contributed by atoms with Gasteiger partial charge in [0.25, 0.3) is 0 Å². The number of nitrogens with zero attached hydrogens (tertiary/aromatic N) is 6. The van der Waals surface area contributed by atoms with Crippen molar-refractivity contribution >= 4 is 30.3 Å². The molecule has 2 aliphatic heterocycles. The summed E-state index contributed by atoms with van der Waals surface area (Å²) in [6, 6.07) is 0.000560. The molecule has 0 aromatic carbocycles. The Hall–Kier alpha value is -1.72. The molecule has 0 bridgehead atoms. The van der Waals surface area contributed by atoms with E-state index in [-0.39, 0.29) is 36.6 Å². The van der Waals surface area contributed by atoms with E-state index in [1.54, 1.807) is 0 Å². The first kappa shape index (κ1) is 22.6. The van der Waals surface area contributed by atoms with Gasteiger partial charge in [0.05, 0.1) is 0 Å². The van der Waals surface area contributed by atoms with E-state index in [1.165, 1.54) is 0 Å². The number of hydrogen-bond acceptors (Lipinski definition) is 10. The molecule has 3 rings (SSSR count). The van der Waals surface area contributed by atoms with E-state index in [0.29, 0.717) is 50.6 Å². The minimum atomic E-state index is 0. The van der Waals surface area contributed by atoms with Crippen LogP contribution in [-0.4, -0.2) is 78.9 Å². The quantitative estimate of drug-likeness (QED) is 0.426. The highest BCUT2D eigenvalue weighted by Crippen LogP contribution is 2.23. The number of halogens is 1. The topological polar surface area (TPSA) is 152 Å². The fourth-order valence-electron chi connectivity index (χ4n) is 3.76. The fourth-order valence-corrected chi connectivity index (χ4v) is 3.76. The smallest absolute Gasteiger partial charge is 0.232 e. The van der Waals surface area contributed by atoms with Gasteiger partial charge in [-0.25, -0.2) is 0 Å². The number of likely N-dealkylation sites (N-methyl/N-ethyl adjacent to an activating group) is 1. The van der Waals surface area contributed by atoms with E-state index in [0.717, 1.165) is 12.8 Å². The first-order chi connectivity index (χ1) is 12.9. The summed E-state index contributed by atoms with van der Waals surface area (Å²) in [5, 5.41) is 0. The Bertz CT molecular complexity index is 595. The van der Waals surface area contributed by atoms with Crippen LogP contribution in [0.2, 0.25) is 0 Å². The van der Waals surface area contributed by atoms with Crippen molar-refractivity contribution in [3.8, 4) is 0 Å². The van der Waals surface area contributed by atoms with Crippen molar-refractivity contribution in [2.24, 2.45) is 22.9 Å². The predicted octanol–water partition coefficient (Wildman–Crippen LogP) is -1.35. The van der Waals surface area contributed by atoms with Crippen LogP contribution in [0, 0.1) is 0 Å². The monoisotopic (exact) mass is 412 g/mol. The summed E-state index contributed by atoms with van der Waals surface area (Å²) in [5.41, 5.74) is 24.6. The summed E-state index contributed by atoms with van der Waals surface area (Å²) < 4.78 is 0. The Kier molecular flexibility index (Phi) is 7.79. The zero-order valence-electron chi connectivity index (χ0n) is 16.4. The number of hydrogen-bond donors (Lipinski definition) is 4. The Morgan fingerprint density at radius 2 is 1.29 bits per heavy atom. The van der Waals surface area contributed by atoms with Crippen molar-refractivity contribution < 1.29 is 0 Å². The van der Waals surface area contributed by atoms with Crippen LogP contribution in [0.25, 0.3) is 0 Å². The number of aromatic nitrogens is 3. The summed E-state index contributed by atoms with van der Waals surface area (Å²) >= 11 is 0. The summed E-state index contributed by atoms with van der Waals surface area (Å²) in [7, 11) is 1.92. The standard InChI is InChI=1S/C17H32N10.ClH/c1-3-4-25(2)15-22-16(26-7-11(18)5-12(19)8-26)24-17(23-15)27-9-13(20)6-14(21)10-27;/h3,11-14H,1,4-10,18-21H2,2H3;1H/t11-,12-,13-,14+;/m1./s1. The van der Waals surface area contributed by atoms with Crippen LogP contribution in [0.5, 0.6) is 0 Å². The van der Waals surface area contributed by atoms with Crippen LogP contribution in [0.4, 0.5) is 17.8 Å². The van der Waals surface area contributed by atoms with Gasteiger partial charge < -0.3 is 37.6 Å². The molecule has 158 valence electrons. The third-order valence-electron chi connectivity index (χ3n) is 4.94. The molecule has 2 aliphatic rings. The largest absolute Gasteiger partial charge is 0.340 e. The van der Waals surface area contributed by atoms with Crippen LogP contribution in [0.3, 0.4) is 0 Å². The molecule has 0 saturated carbocycles. The fraction of sp³-hybridized carbons (Fsp3) is 0.706. The first-order valence-electron chi connectivity index (χ1n) is 9.46. The average molecular weight is 413 g/mol. The van der Waals surface area contributed by atoms with E-state index in [1.807, 2.05) is 27.8 Å². The van der Waals surface area contributed by atoms with Crippen molar-refractivity contribution in [3.63, 3.8) is 0 Å². The Morgan fingerprint density at radius 1 is 0.893 bits per heavy atom. The lowest BCUT2D eigenvalue weighted by Gasteiger charge is -2.37. The maximum Gasteiger partial charge on any atom is 0.232 e. The van der Waals surface area contributed by atoms with Crippen molar-refractivity contribution in [3.05, 3.63) is 12.7 Å². The number of anilines is 3. The van der Waals surface area contributed by atoms with Crippen molar-refractivity contribution in [2.75, 3.05) is 54.5 Å². The normalized spacial score (nSPS) is 27.9. The lowest BCUT2D eigenvalue weighted by Crippen LogP contribution is -2.54. The zero-order valence-corrected chi connectivity index (χ0v) is 17.3. The lowest BCUT2D eigenvalue weighted by molar-refractivity contribution is 0.441. The number of rotatable bonds is 5. The minimum absolute atomic E-state index is 0. The number of piperidine rings is 2. The van der Waals surface area contributed by atoms with Crippen LogP contribution < -0.4 is 37.6 Å². The molecule has 3 heterocycles. The molecule has 0 spiro atoms. The highest BCUT2D eigenvalue weighted by Gasteiger charge is 2.29. The van der Waals surface area contributed by atoms with Crippen molar-refractivity contribution in [1.82, 2.24) is 15.0 Å². The van der Waals surface area contributed by atoms with E-state index in [4.69, 9.17) is 27.9 Å². The van der Waals surface area contributed by atoms with Crippen molar-refractivity contribution in [2.45, 2.75) is 37.0 Å². The molecular formula is C17H33ClN10. The molecule has 11 heteroatoms. The second kappa shape index (κ2) is 9.66. The first-order valence-corrected chi connectivity index (χ1v) is 9.46. The average Bonchev–Trinajstić information content (AvgIpc) is 2.60. The Balaban J connectivity index is 0.00000280. The van der Waals surface area contributed by atoms with Gasteiger partial charge in [-0.2, -0.15) is 15.0 Å². The third kappa shape index (κ3) is 5.42. The van der Waals surface area contributed by atoms with Gasteiger partial charge in [0.1, 0.15) is 0 Å². The Labute approximate surface area is 172 Å². The van der Waals surface area contributed by atoms with Gasteiger partial charge in [-0.05, 0) is 12.8 Å². The minimum Gasteiger partial charge on any atom is -0.340 e. The van der Waals surface area contributed by atoms with E-state index < -0.39 is 0 Å². The Morgan fingerprint density at radius 3 is 1.64 bits per heavy atom. The molecule has 10 nitrogen and oxygen atoms in total. The van der Waals surface area contributed by atoms with Gasteiger partial charge in [0.15, 0.2) is 0 Å². The molecule has 0 aliphatic carbocycles. The SMILES string of the molecule is C=CCN(C)c1nc(N2C[C@H](N)C[C@@H](N)C2)nc(N2C[C@H](N)C[C@H](N)C2)n1.Cl. The van der Waals surface area contributed by atoms with Crippen LogP contribution in [-0.2, 0) is 0 Å². The lowest BCUT2D eigenvalue weighted by atomic mass is 10.0. The van der Waals surface area contributed by atoms with Gasteiger partial charge >= 0.3 is 0 Å². The second-order valence-corrected chi connectivity index (χ2v) is 7.73. The molecule has 0 radical (unpaired) electrons. The van der Waals surface area contributed by atoms with Crippen LogP contribution in [0.15, 0.2) is 12.7 Å². The molecule has 1 aromatic rings. The molecule has 4 atom stereocenters. The van der Waals surface area contributed by atoms with Crippen molar-refractivity contribution in [1.29, 1.82) is 0 Å². The summed E-state index contributed by atoms with van der Waals surface area (Å²) in [6.07, 6.45) is 3.41. The molecule has 0 unspecified atom stereocenters. The highest BCUT2D eigenvalue weighted by atomic mass is 35.5. The van der Waals surface area contributed by atoms with E-state index in [9.17, 15) is 0 Å². The molecule has 1 aromatic heterocycles. The van der Waals surface area contributed by atoms with E-state index >= 15 is 0 Å². The summed E-state index contributed by atoms with van der Waals surface area (Å²) in [5.74, 6) is 1.75. The third-order valence-corrected chi connectivity index (χ3v) is 4.94. The molecule has 2 saturated heterocycles. The van der Waals surface area contributed by atoms with Gasteiger partial charge in [0, 0.05) is 63.9 Å². The highest BCUT2D eigenvalue weighted by molar-refractivity contribution is 5.85. The summed E-state index contributed by atoms with van der Waals surface area (Å²) in [6.45, 7) is 7.09. The predicted molar refractivity (Wildman–Crippen MR) is 116 cm³/mol. The summed E-state index contributed by atoms with van der Waals surface area (Å²) in [4.78, 5) is 20.0. The zero-order chi connectivity index (χ0) is 19.6. The van der Waals surface area contributed by atoms with E-state index in [2.05, 4.69) is 16.5 Å². The van der Waals surface area contributed by atoms with Gasteiger partial charge in [-0.15, -0.1) is 19.0 Å². The van der Waals surface area contributed by atoms with Gasteiger partial charge in [-0.3, -0.25) is 0 Å². The van der Waals surface area contributed by atoms with Gasteiger partial charge in [0.2, 0.25) is 17.8 Å². The van der Waals surface area contributed by atoms with Crippen LogP contribution in [0.1, 0.15) is 12.8 Å². The molecule has 0 amide bonds. The maximum absolute atomic E-state index is 6.16. The molecule has 28 heavy (non-hydrogen) atoms. The number of nitrogens with two attached hydrogens (primary N) is 4. The maximum atomic E-state index is 6.16. The van der Waals surface area contributed by atoms with Gasteiger partial charge in [-0.1, -0.05) is 6.08 Å². The molecular weight excluding hydrogens is 380 g/mol.